The summed E-state index contributed by atoms with van der Waals surface area (Å²) in [5, 5.41) is 9.56. The minimum absolute atomic E-state index is 0.216. The summed E-state index contributed by atoms with van der Waals surface area (Å²) in [6, 6.07) is 3.50. The summed E-state index contributed by atoms with van der Waals surface area (Å²) in [5.74, 6) is 0.576. The van der Waals surface area contributed by atoms with Crippen molar-refractivity contribution in [3.05, 3.63) is 24.0 Å². The monoisotopic (exact) mass is 183 g/mol. The molecule has 13 heavy (non-hydrogen) atoms. The quantitative estimate of drug-likeness (QED) is 0.749. The van der Waals surface area contributed by atoms with Gasteiger partial charge in [-0.2, -0.15) is 0 Å². The molecule has 0 aromatic carbocycles. The number of aromatic nitrogens is 1. The molecule has 0 spiro atoms. The van der Waals surface area contributed by atoms with Crippen LogP contribution in [0.4, 0.5) is 0 Å². The molecule has 1 unspecified atom stereocenters. The van der Waals surface area contributed by atoms with E-state index in [1.54, 1.807) is 25.4 Å². The topological polar surface area (TPSA) is 51.6 Å². The average Bonchev–Trinajstić information content (AvgIpc) is 2.18. The Morgan fingerprint density at radius 1 is 1.54 bits per heavy atom. The highest BCUT2D eigenvalue weighted by Gasteiger charge is 2.13. The Bertz CT molecular complexity index is 265. The van der Waals surface area contributed by atoms with Crippen molar-refractivity contribution in [1.29, 1.82) is 0 Å². The molecule has 1 aromatic rings. The van der Waals surface area contributed by atoms with Crippen molar-refractivity contribution in [2.24, 2.45) is 0 Å². The Morgan fingerprint density at radius 2 is 2.31 bits per heavy atom. The molecule has 1 rings (SSSR count). The molecule has 72 valence electrons. The second-order valence-electron chi connectivity index (χ2n) is 2.56. The molecule has 0 aliphatic rings. The van der Waals surface area contributed by atoms with Crippen LogP contribution in [0.5, 0.6) is 5.75 Å². The summed E-state index contributed by atoms with van der Waals surface area (Å²) in [6.45, 7) is 0.216. The van der Waals surface area contributed by atoms with Gasteiger partial charge in [0.15, 0.2) is 0 Å². The number of hydrogen-bond acceptors (Lipinski definition) is 4. The van der Waals surface area contributed by atoms with Crippen molar-refractivity contribution in [1.82, 2.24) is 4.98 Å². The van der Waals surface area contributed by atoms with Gasteiger partial charge in [-0.25, -0.2) is 0 Å². The molecule has 0 saturated heterocycles. The Kier molecular flexibility index (Phi) is 3.67. The molecule has 0 bridgehead atoms. The zero-order chi connectivity index (χ0) is 9.68. The van der Waals surface area contributed by atoms with Gasteiger partial charge in [0.2, 0.25) is 0 Å². The van der Waals surface area contributed by atoms with E-state index in [0.717, 1.165) is 0 Å². The minimum Gasteiger partial charge on any atom is -0.495 e. The fraction of sp³-hybridized carbons (Fsp3) is 0.444. The lowest BCUT2D eigenvalue weighted by Gasteiger charge is -2.11. The second-order valence-corrected chi connectivity index (χ2v) is 2.56. The molecule has 1 N–H and O–H groups in total. The fourth-order valence-electron chi connectivity index (χ4n) is 1.06. The van der Waals surface area contributed by atoms with E-state index in [1.807, 2.05) is 0 Å². The third-order valence-electron chi connectivity index (χ3n) is 1.66. The SMILES string of the molecule is COCC(O)c1ncccc1OC. The maximum Gasteiger partial charge on any atom is 0.143 e. The van der Waals surface area contributed by atoms with Gasteiger partial charge in [0.25, 0.3) is 0 Å². The summed E-state index contributed by atoms with van der Waals surface area (Å²) < 4.78 is 9.85. The third kappa shape index (κ3) is 2.40. The van der Waals surface area contributed by atoms with E-state index < -0.39 is 6.10 Å². The lowest BCUT2D eigenvalue weighted by atomic mass is 10.2. The van der Waals surface area contributed by atoms with E-state index >= 15 is 0 Å². The number of aliphatic hydroxyl groups is 1. The van der Waals surface area contributed by atoms with Crippen LogP contribution in [-0.2, 0) is 4.74 Å². The first-order valence-corrected chi connectivity index (χ1v) is 3.95. The zero-order valence-corrected chi connectivity index (χ0v) is 7.73. The number of ether oxygens (including phenoxy) is 2. The maximum absolute atomic E-state index is 9.56. The molecule has 1 heterocycles. The summed E-state index contributed by atoms with van der Waals surface area (Å²) in [7, 11) is 3.07. The van der Waals surface area contributed by atoms with E-state index in [-0.39, 0.29) is 6.61 Å². The van der Waals surface area contributed by atoms with Crippen molar-refractivity contribution in [3.8, 4) is 5.75 Å². The van der Waals surface area contributed by atoms with E-state index in [4.69, 9.17) is 9.47 Å². The first kappa shape index (κ1) is 9.95. The van der Waals surface area contributed by atoms with Gasteiger partial charge in [0.1, 0.15) is 17.5 Å². The van der Waals surface area contributed by atoms with Crippen LogP contribution in [0.2, 0.25) is 0 Å². The van der Waals surface area contributed by atoms with Gasteiger partial charge in [0.05, 0.1) is 13.7 Å². The predicted octanol–water partition coefficient (Wildman–Crippen LogP) is 0.770. The Balaban J connectivity index is 2.85. The van der Waals surface area contributed by atoms with Crippen LogP contribution in [0.1, 0.15) is 11.8 Å². The Hall–Kier alpha value is -1.13. The molecule has 4 nitrogen and oxygen atoms in total. The normalized spacial score (nSPS) is 12.5. The molecule has 0 aliphatic carbocycles. The minimum atomic E-state index is -0.735. The lowest BCUT2D eigenvalue weighted by molar-refractivity contribution is 0.0599. The van der Waals surface area contributed by atoms with E-state index in [1.165, 1.54) is 7.11 Å². The highest BCUT2D eigenvalue weighted by atomic mass is 16.5. The Morgan fingerprint density at radius 3 is 2.92 bits per heavy atom. The van der Waals surface area contributed by atoms with Gasteiger partial charge in [0, 0.05) is 13.3 Å². The van der Waals surface area contributed by atoms with Gasteiger partial charge in [-0.1, -0.05) is 0 Å². The largest absolute Gasteiger partial charge is 0.495 e. The van der Waals surface area contributed by atoms with Crippen LogP contribution in [0.25, 0.3) is 0 Å². The first-order valence-electron chi connectivity index (χ1n) is 3.95. The lowest BCUT2D eigenvalue weighted by Crippen LogP contribution is -2.08. The van der Waals surface area contributed by atoms with Crippen molar-refractivity contribution < 1.29 is 14.6 Å². The standard InChI is InChI=1S/C9H13NO3/c1-12-6-7(11)9-8(13-2)4-3-5-10-9/h3-5,7,11H,6H2,1-2H3. The molecule has 1 atom stereocenters. The molecule has 0 aliphatic heterocycles. The van der Waals surface area contributed by atoms with Crippen molar-refractivity contribution in [2.45, 2.75) is 6.10 Å². The van der Waals surface area contributed by atoms with Crippen molar-refractivity contribution in [2.75, 3.05) is 20.8 Å². The van der Waals surface area contributed by atoms with E-state index in [2.05, 4.69) is 4.98 Å². The van der Waals surface area contributed by atoms with Crippen LogP contribution < -0.4 is 4.74 Å². The van der Waals surface area contributed by atoms with Crippen molar-refractivity contribution in [3.63, 3.8) is 0 Å². The van der Waals surface area contributed by atoms with Gasteiger partial charge >= 0.3 is 0 Å². The molecule has 0 fully saturated rings. The summed E-state index contributed by atoms with van der Waals surface area (Å²) >= 11 is 0. The smallest absolute Gasteiger partial charge is 0.143 e. The highest BCUT2D eigenvalue weighted by Crippen LogP contribution is 2.21. The molecule has 1 aromatic heterocycles. The van der Waals surface area contributed by atoms with Gasteiger partial charge in [-0.3, -0.25) is 4.98 Å². The van der Waals surface area contributed by atoms with E-state index in [9.17, 15) is 5.11 Å². The third-order valence-corrected chi connectivity index (χ3v) is 1.66. The number of rotatable bonds is 4. The number of hydrogen-bond donors (Lipinski definition) is 1. The molecule has 4 heteroatoms. The number of methoxy groups -OCH3 is 2. The highest BCUT2D eigenvalue weighted by molar-refractivity contribution is 5.28. The van der Waals surface area contributed by atoms with Crippen LogP contribution in [0.3, 0.4) is 0 Å². The maximum atomic E-state index is 9.56. The van der Waals surface area contributed by atoms with Crippen LogP contribution >= 0.6 is 0 Å². The van der Waals surface area contributed by atoms with Gasteiger partial charge in [-0.15, -0.1) is 0 Å². The summed E-state index contributed by atoms with van der Waals surface area (Å²) in [4.78, 5) is 4.01. The molecule has 0 saturated carbocycles. The summed E-state index contributed by atoms with van der Waals surface area (Å²) in [6.07, 6.45) is 0.873. The van der Waals surface area contributed by atoms with Gasteiger partial charge in [-0.05, 0) is 12.1 Å². The Labute approximate surface area is 77.1 Å². The number of pyridine rings is 1. The van der Waals surface area contributed by atoms with Crippen LogP contribution in [-0.4, -0.2) is 30.9 Å². The number of nitrogens with zero attached hydrogens (tertiary/aromatic N) is 1. The second kappa shape index (κ2) is 4.79. The predicted molar refractivity (Wildman–Crippen MR) is 47.6 cm³/mol. The molecular formula is C9H13NO3. The first-order chi connectivity index (χ1) is 6.29. The zero-order valence-electron chi connectivity index (χ0n) is 7.73. The van der Waals surface area contributed by atoms with Crippen LogP contribution in [0, 0.1) is 0 Å². The fourth-order valence-corrected chi connectivity index (χ4v) is 1.06. The molecule has 0 radical (unpaired) electrons. The summed E-state index contributed by atoms with van der Waals surface area (Å²) in [5.41, 5.74) is 0.506. The van der Waals surface area contributed by atoms with Crippen LogP contribution in [0.15, 0.2) is 18.3 Å². The van der Waals surface area contributed by atoms with Gasteiger partial charge < -0.3 is 14.6 Å². The number of aliphatic hydroxyl groups excluding tert-OH is 1. The average molecular weight is 183 g/mol. The molecule has 0 amide bonds. The molecular weight excluding hydrogens is 170 g/mol. The van der Waals surface area contributed by atoms with Crippen molar-refractivity contribution >= 4 is 0 Å². The van der Waals surface area contributed by atoms with E-state index in [0.29, 0.717) is 11.4 Å².